The van der Waals surface area contributed by atoms with E-state index in [-0.39, 0.29) is 17.3 Å². The monoisotopic (exact) mass is 334 g/mol. The zero-order valence-corrected chi connectivity index (χ0v) is 13.5. The van der Waals surface area contributed by atoms with Crippen molar-refractivity contribution < 1.29 is 17.6 Å². The van der Waals surface area contributed by atoms with Crippen molar-refractivity contribution in [3.8, 4) is 0 Å². The molecule has 1 aromatic heterocycles. The van der Waals surface area contributed by atoms with Crippen LogP contribution in [0.3, 0.4) is 0 Å². The highest BCUT2D eigenvalue weighted by atomic mass is 32.2. The summed E-state index contributed by atoms with van der Waals surface area (Å²) in [5.41, 5.74) is 1.00. The van der Waals surface area contributed by atoms with E-state index in [9.17, 15) is 13.2 Å². The van der Waals surface area contributed by atoms with Gasteiger partial charge in [-0.3, -0.25) is 4.79 Å². The number of carbonyl (C=O) groups excluding carboxylic acids is 1. The summed E-state index contributed by atoms with van der Waals surface area (Å²) in [7, 11) is -3.74. The molecule has 0 aliphatic rings. The number of sulfonamides is 1. The molecule has 0 unspecified atom stereocenters. The quantitative estimate of drug-likeness (QED) is 0.758. The second kappa shape index (κ2) is 7.26. The van der Waals surface area contributed by atoms with E-state index in [1.165, 1.54) is 18.4 Å². The van der Waals surface area contributed by atoms with Crippen LogP contribution in [-0.4, -0.2) is 20.9 Å². The summed E-state index contributed by atoms with van der Waals surface area (Å²) in [6, 6.07) is 7.77. The number of hydrogen-bond donors (Lipinski definition) is 2. The molecule has 7 heteroatoms. The molecular formula is C16H18N2O4S. The highest BCUT2D eigenvalue weighted by Crippen LogP contribution is 2.16. The maximum atomic E-state index is 12.3. The molecule has 0 aliphatic heterocycles. The van der Waals surface area contributed by atoms with E-state index in [4.69, 9.17) is 4.42 Å². The lowest BCUT2D eigenvalue weighted by Gasteiger charge is -2.10. The minimum Gasteiger partial charge on any atom is -0.468 e. The van der Waals surface area contributed by atoms with Crippen LogP contribution in [0.25, 0.3) is 0 Å². The van der Waals surface area contributed by atoms with E-state index in [1.54, 1.807) is 31.2 Å². The van der Waals surface area contributed by atoms with E-state index in [1.807, 2.05) is 0 Å². The summed E-state index contributed by atoms with van der Waals surface area (Å²) in [4.78, 5) is 12.1. The van der Waals surface area contributed by atoms with Gasteiger partial charge < -0.3 is 9.73 Å². The van der Waals surface area contributed by atoms with Gasteiger partial charge in [0.15, 0.2) is 0 Å². The molecule has 122 valence electrons. The number of benzene rings is 1. The van der Waals surface area contributed by atoms with Crippen LogP contribution in [0.5, 0.6) is 0 Å². The van der Waals surface area contributed by atoms with Gasteiger partial charge in [0.05, 0.1) is 17.7 Å². The van der Waals surface area contributed by atoms with Crippen molar-refractivity contribution in [3.05, 3.63) is 66.1 Å². The highest BCUT2D eigenvalue weighted by Gasteiger charge is 2.18. The minimum atomic E-state index is -3.74. The van der Waals surface area contributed by atoms with E-state index >= 15 is 0 Å². The molecule has 0 bridgehead atoms. The molecule has 1 aromatic carbocycles. The highest BCUT2D eigenvalue weighted by molar-refractivity contribution is 7.89. The summed E-state index contributed by atoms with van der Waals surface area (Å²) < 4.78 is 32.2. The Labute approximate surface area is 135 Å². The van der Waals surface area contributed by atoms with Gasteiger partial charge in [0.25, 0.3) is 5.91 Å². The third-order valence-corrected chi connectivity index (χ3v) is 4.59. The summed E-state index contributed by atoms with van der Waals surface area (Å²) >= 11 is 0. The van der Waals surface area contributed by atoms with Crippen LogP contribution in [0.15, 0.2) is 58.6 Å². The lowest BCUT2D eigenvalue weighted by Crippen LogP contribution is -2.26. The van der Waals surface area contributed by atoms with Crippen molar-refractivity contribution in [3.63, 3.8) is 0 Å². The molecule has 2 N–H and O–H groups in total. The predicted octanol–water partition coefficient (Wildman–Crippen LogP) is 1.98. The van der Waals surface area contributed by atoms with E-state index < -0.39 is 10.0 Å². The first-order chi connectivity index (χ1) is 10.9. The van der Waals surface area contributed by atoms with E-state index in [0.29, 0.717) is 23.4 Å². The topological polar surface area (TPSA) is 88.4 Å². The summed E-state index contributed by atoms with van der Waals surface area (Å²) in [6.45, 7) is 5.62. The smallest absolute Gasteiger partial charge is 0.251 e. The second-order valence-corrected chi connectivity index (χ2v) is 6.65. The Kier molecular flexibility index (Phi) is 5.36. The Morgan fingerprint density at radius 2 is 2.13 bits per heavy atom. The lowest BCUT2D eigenvalue weighted by molar-refractivity contribution is 0.0957. The van der Waals surface area contributed by atoms with Crippen molar-refractivity contribution in [2.75, 3.05) is 6.54 Å². The van der Waals surface area contributed by atoms with Crippen LogP contribution < -0.4 is 10.0 Å². The largest absolute Gasteiger partial charge is 0.468 e. The van der Waals surface area contributed by atoms with Crippen LogP contribution in [0, 0.1) is 6.92 Å². The van der Waals surface area contributed by atoms with Crippen molar-refractivity contribution >= 4 is 15.9 Å². The third-order valence-electron chi connectivity index (χ3n) is 3.19. The van der Waals surface area contributed by atoms with E-state index in [0.717, 1.165) is 0 Å². The first kappa shape index (κ1) is 17.0. The van der Waals surface area contributed by atoms with Gasteiger partial charge in [-0.15, -0.1) is 6.58 Å². The van der Waals surface area contributed by atoms with Crippen LogP contribution >= 0.6 is 0 Å². The number of aryl methyl sites for hydroxylation is 1. The van der Waals surface area contributed by atoms with E-state index in [2.05, 4.69) is 16.6 Å². The van der Waals surface area contributed by atoms with Gasteiger partial charge >= 0.3 is 0 Å². The zero-order valence-electron chi connectivity index (χ0n) is 12.7. The van der Waals surface area contributed by atoms with Gasteiger partial charge in [-0.25, -0.2) is 13.1 Å². The summed E-state index contributed by atoms with van der Waals surface area (Å²) in [6.07, 6.45) is 3.02. The predicted molar refractivity (Wildman–Crippen MR) is 86.4 cm³/mol. The molecule has 0 spiro atoms. The average molecular weight is 334 g/mol. The Morgan fingerprint density at radius 3 is 2.78 bits per heavy atom. The Balaban J connectivity index is 2.21. The van der Waals surface area contributed by atoms with Crippen LogP contribution in [-0.2, 0) is 16.6 Å². The standard InChI is InChI=1S/C16H18N2O4S/c1-3-8-17-16(19)15-10-14(7-6-12(15)2)23(20,21)18-11-13-5-4-9-22-13/h3-7,9-10,18H,1,8,11H2,2H3,(H,17,19). The first-order valence-electron chi connectivity index (χ1n) is 6.96. The van der Waals surface area contributed by atoms with Gasteiger partial charge in [-0.05, 0) is 36.8 Å². The van der Waals surface area contributed by atoms with Crippen molar-refractivity contribution in [2.45, 2.75) is 18.4 Å². The summed E-state index contributed by atoms with van der Waals surface area (Å²) in [5.74, 6) is 0.162. The fraction of sp³-hybridized carbons (Fsp3) is 0.188. The Hall–Kier alpha value is -2.38. The third kappa shape index (κ3) is 4.30. The van der Waals surface area contributed by atoms with Gasteiger partial charge in [0.2, 0.25) is 10.0 Å². The van der Waals surface area contributed by atoms with Crippen LogP contribution in [0.1, 0.15) is 21.7 Å². The van der Waals surface area contributed by atoms with Crippen molar-refractivity contribution in [2.24, 2.45) is 0 Å². The number of nitrogens with one attached hydrogen (secondary N) is 2. The normalized spacial score (nSPS) is 11.2. The Bertz CT molecular complexity index is 795. The number of carbonyl (C=O) groups is 1. The molecule has 6 nitrogen and oxygen atoms in total. The molecule has 0 saturated heterocycles. The van der Waals surface area contributed by atoms with Gasteiger partial charge in [-0.1, -0.05) is 12.1 Å². The maximum Gasteiger partial charge on any atom is 0.251 e. The lowest BCUT2D eigenvalue weighted by atomic mass is 10.1. The fourth-order valence-electron chi connectivity index (χ4n) is 1.94. The van der Waals surface area contributed by atoms with Gasteiger partial charge in [0, 0.05) is 12.1 Å². The molecular weight excluding hydrogens is 316 g/mol. The molecule has 0 saturated carbocycles. The molecule has 23 heavy (non-hydrogen) atoms. The molecule has 0 fully saturated rings. The molecule has 1 heterocycles. The number of amides is 1. The average Bonchev–Trinajstić information content (AvgIpc) is 3.04. The van der Waals surface area contributed by atoms with Crippen LogP contribution in [0.4, 0.5) is 0 Å². The summed E-state index contributed by atoms with van der Waals surface area (Å²) in [5, 5.41) is 2.64. The molecule has 0 radical (unpaired) electrons. The molecule has 0 atom stereocenters. The van der Waals surface area contributed by atoms with Crippen molar-refractivity contribution in [1.29, 1.82) is 0 Å². The molecule has 1 amide bonds. The molecule has 0 aliphatic carbocycles. The Morgan fingerprint density at radius 1 is 1.35 bits per heavy atom. The maximum absolute atomic E-state index is 12.3. The molecule has 2 rings (SSSR count). The second-order valence-electron chi connectivity index (χ2n) is 4.88. The van der Waals surface area contributed by atoms with Crippen LogP contribution in [0.2, 0.25) is 0 Å². The van der Waals surface area contributed by atoms with Crippen molar-refractivity contribution in [1.82, 2.24) is 10.0 Å². The number of hydrogen-bond acceptors (Lipinski definition) is 4. The van der Waals surface area contributed by atoms with Gasteiger partial charge in [0.1, 0.15) is 5.76 Å². The minimum absolute atomic E-state index is 0.0263. The number of rotatable bonds is 7. The fourth-order valence-corrected chi connectivity index (χ4v) is 2.95. The zero-order chi connectivity index (χ0) is 16.9. The molecule has 2 aromatic rings. The SMILES string of the molecule is C=CCNC(=O)c1cc(S(=O)(=O)NCc2ccco2)ccc1C. The first-order valence-corrected chi connectivity index (χ1v) is 8.44. The number of furan rings is 1. The van der Waals surface area contributed by atoms with Gasteiger partial charge in [-0.2, -0.15) is 0 Å².